The van der Waals surface area contributed by atoms with Gasteiger partial charge < -0.3 is 15.4 Å². The van der Waals surface area contributed by atoms with Crippen LogP contribution in [0.5, 0.6) is 0 Å². The number of hydrogen-bond donors (Lipinski definition) is 2. The molecule has 112 valence electrons. The molecular formula is C14H17N3O4. The maximum atomic E-state index is 11.4. The van der Waals surface area contributed by atoms with E-state index in [1.54, 1.807) is 6.07 Å². The van der Waals surface area contributed by atoms with Crippen molar-refractivity contribution in [2.75, 3.05) is 23.8 Å². The summed E-state index contributed by atoms with van der Waals surface area (Å²) in [6.45, 7) is 3.36. The number of amides is 1. The maximum absolute atomic E-state index is 11.4. The van der Waals surface area contributed by atoms with E-state index in [2.05, 4.69) is 10.6 Å². The van der Waals surface area contributed by atoms with Crippen molar-refractivity contribution >= 4 is 23.0 Å². The fraction of sp³-hybridized carbons (Fsp3) is 0.500. The van der Waals surface area contributed by atoms with Gasteiger partial charge in [0.15, 0.2) is 0 Å². The Kier molecular flexibility index (Phi) is 3.50. The molecule has 7 heteroatoms. The maximum Gasteiger partial charge on any atom is 0.292 e. The lowest BCUT2D eigenvalue weighted by Crippen LogP contribution is -2.21. The summed E-state index contributed by atoms with van der Waals surface area (Å²) in [5, 5.41) is 17.1. The molecule has 21 heavy (non-hydrogen) atoms. The molecule has 0 aliphatic carbocycles. The molecule has 1 fully saturated rings. The van der Waals surface area contributed by atoms with Crippen LogP contribution in [0, 0.1) is 16.0 Å². The molecule has 0 aromatic heterocycles. The van der Waals surface area contributed by atoms with E-state index in [0.29, 0.717) is 29.4 Å². The lowest BCUT2D eigenvalue weighted by Gasteiger charge is -2.16. The highest BCUT2D eigenvalue weighted by molar-refractivity contribution is 6.00. The first-order chi connectivity index (χ1) is 10.0. The zero-order chi connectivity index (χ0) is 15.0. The summed E-state index contributed by atoms with van der Waals surface area (Å²) < 4.78 is 5.49. The second-order valence-corrected chi connectivity index (χ2v) is 5.51. The summed E-state index contributed by atoms with van der Waals surface area (Å²) >= 11 is 0. The smallest absolute Gasteiger partial charge is 0.292 e. The topological polar surface area (TPSA) is 93.5 Å². The van der Waals surface area contributed by atoms with Crippen molar-refractivity contribution < 1.29 is 14.5 Å². The Hall–Kier alpha value is -2.15. The number of benzene rings is 1. The molecule has 2 unspecified atom stereocenters. The second-order valence-electron chi connectivity index (χ2n) is 5.51. The largest absolute Gasteiger partial charge is 0.379 e. The molecule has 0 saturated carbocycles. The van der Waals surface area contributed by atoms with E-state index in [4.69, 9.17) is 4.74 Å². The van der Waals surface area contributed by atoms with Crippen LogP contribution in [0.1, 0.15) is 18.9 Å². The van der Waals surface area contributed by atoms with Gasteiger partial charge in [-0.25, -0.2) is 0 Å². The van der Waals surface area contributed by atoms with Crippen LogP contribution >= 0.6 is 0 Å². The zero-order valence-corrected chi connectivity index (χ0v) is 11.7. The van der Waals surface area contributed by atoms with E-state index < -0.39 is 4.92 Å². The van der Waals surface area contributed by atoms with Gasteiger partial charge in [0.1, 0.15) is 5.69 Å². The monoisotopic (exact) mass is 291 g/mol. The highest BCUT2D eigenvalue weighted by atomic mass is 16.6. The summed E-state index contributed by atoms with van der Waals surface area (Å²) in [4.78, 5) is 22.2. The number of nitrogens with one attached hydrogen (secondary N) is 2. The van der Waals surface area contributed by atoms with E-state index in [-0.39, 0.29) is 24.1 Å². The highest BCUT2D eigenvalue weighted by Gasteiger charge is 2.27. The fourth-order valence-electron chi connectivity index (χ4n) is 2.84. The van der Waals surface area contributed by atoms with Crippen molar-refractivity contribution in [1.29, 1.82) is 0 Å². The third-order valence-electron chi connectivity index (χ3n) is 4.13. The van der Waals surface area contributed by atoms with Gasteiger partial charge >= 0.3 is 0 Å². The van der Waals surface area contributed by atoms with Crippen molar-refractivity contribution in [3.8, 4) is 0 Å². The average molecular weight is 291 g/mol. The minimum atomic E-state index is -0.417. The molecule has 0 radical (unpaired) electrons. The quantitative estimate of drug-likeness (QED) is 0.653. The number of carbonyl (C=O) groups excluding carboxylic acids is 1. The van der Waals surface area contributed by atoms with Crippen molar-refractivity contribution in [3.05, 3.63) is 27.8 Å². The number of fused-ring (bicyclic) bond motifs is 1. The molecule has 2 N–H and O–H groups in total. The summed E-state index contributed by atoms with van der Waals surface area (Å²) in [6, 6.07) is 3.13. The molecule has 2 heterocycles. The Morgan fingerprint density at radius 2 is 2.33 bits per heavy atom. The van der Waals surface area contributed by atoms with E-state index in [9.17, 15) is 14.9 Å². The van der Waals surface area contributed by atoms with Gasteiger partial charge in [-0.2, -0.15) is 0 Å². The van der Waals surface area contributed by atoms with Gasteiger partial charge in [0, 0.05) is 30.8 Å². The molecule has 1 aromatic carbocycles. The number of rotatable bonds is 4. The van der Waals surface area contributed by atoms with Gasteiger partial charge in [0.2, 0.25) is 5.91 Å². The molecule has 2 aliphatic rings. The molecule has 2 atom stereocenters. The Bertz CT molecular complexity index is 602. The summed E-state index contributed by atoms with van der Waals surface area (Å²) in [5.74, 6) is 0.210. The van der Waals surface area contributed by atoms with E-state index in [1.807, 2.05) is 6.92 Å². The molecule has 2 aliphatic heterocycles. The van der Waals surface area contributed by atoms with Crippen LogP contribution in [0.4, 0.5) is 17.1 Å². The van der Waals surface area contributed by atoms with Crippen molar-refractivity contribution in [2.24, 2.45) is 5.92 Å². The van der Waals surface area contributed by atoms with Crippen LogP contribution in [0.2, 0.25) is 0 Å². The van der Waals surface area contributed by atoms with E-state index in [0.717, 1.165) is 13.0 Å². The third-order valence-corrected chi connectivity index (χ3v) is 4.13. The number of nitro groups is 1. The predicted molar refractivity (Wildman–Crippen MR) is 77.4 cm³/mol. The van der Waals surface area contributed by atoms with Crippen LogP contribution < -0.4 is 10.6 Å². The van der Waals surface area contributed by atoms with Gasteiger partial charge in [-0.3, -0.25) is 14.9 Å². The normalized spacial score (nSPS) is 23.8. The number of hydrogen-bond acceptors (Lipinski definition) is 5. The van der Waals surface area contributed by atoms with Crippen molar-refractivity contribution in [2.45, 2.75) is 25.9 Å². The molecule has 3 rings (SSSR count). The van der Waals surface area contributed by atoms with Gasteiger partial charge in [-0.1, -0.05) is 0 Å². The van der Waals surface area contributed by atoms with Crippen LogP contribution in [0.15, 0.2) is 12.1 Å². The summed E-state index contributed by atoms with van der Waals surface area (Å²) in [7, 11) is 0. The Balaban J connectivity index is 1.81. The Morgan fingerprint density at radius 1 is 1.52 bits per heavy atom. The molecule has 1 saturated heterocycles. The first-order valence-electron chi connectivity index (χ1n) is 7.01. The van der Waals surface area contributed by atoms with Crippen LogP contribution in [0.3, 0.4) is 0 Å². The number of nitrogens with zero attached hydrogens (tertiary/aromatic N) is 1. The number of nitro benzene ring substituents is 1. The molecule has 0 bridgehead atoms. The number of carbonyl (C=O) groups is 1. The lowest BCUT2D eigenvalue weighted by molar-refractivity contribution is -0.384. The molecular weight excluding hydrogens is 274 g/mol. The van der Waals surface area contributed by atoms with Gasteiger partial charge in [-0.05, 0) is 25.0 Å². The summed E-state index contributed by atoms with van der Waals surface area (Å²) in [5.41, 5.74) is 1.79. The Labute approximate surface area is 121 Å². The summed E-state index contributed by atoms with van der Waals surface area (Å²) in [6.07, 6.45) is 1.30. The molecule has 1 aromatic rings. The first-order valence-corrected chi connectivity index (χ1v) is 7.01. The van der Waals surface area contributed by atoms with Crippen molar-refractivity contribution in [3.63, 3.8) is 0 Å². The standard InChI is InChI=1S/C14H17N3O4/c1-8-9(2-3-21-8)7-15-12-6-11-10(5-14(18)16-11)4-13(12)17(19)20/h4,6,8-9,15H,2-3,5,7H2,1H3,(H,16,18). The van der Waals surface area contributed by atoms with Gasteiger partial charge in [0.05, 0.1) is 17.4 Å². The third kappa shape index (κ3) is 2.69. The van der Waals surface area contributed by atoms with Gasteiger partial charge in [0.25, 0.3) is 5.69 Å². The second kappa shape index (κ2) is 5.33. The Morgan fingerprint density at radius 3 is 3.00 bits per heavy atom. The van der Waals surface area contributed by atoms with E-state index >= 15 is 0 Å². The minimum Gasteiger partial charge on any atom is -0.379 e. The van der Waals surface area contributed by atoms with Crippen molar-refractivity contribution in [1.82, 2.24) is 0 Å². The molecule has 1 amide bonds. The van der Waals surface area contributed by atoms with Crippen LogP contribution in [0.25, 0.3) is 0 Å². The predicted octanol–water partition coefficient (Wildman–Crippen LogP) is 1.93. The number of ether oxygens (including phenoxy) is 1. The fourth-order valence-corrected chi connectivity index (χ4v) is 2.84. The lowest BCUT2D eigenvalue weighted by atomic mass is 10.0. The average Bonchev–Trinajstić information content (AvgIpc) is 2.99. The minimum absolute atomic E-state index is 0.0109. The van der Waals surface area contributed by atoms with Crippen LogP contribution in [-0.4, -0.2) is 30.1 Å². The highest BCUT2D eigenvalue weighted by Crippen LogP contribution is 2.35. The SMILES string of the molecule is CC1OCCC1CNc1cc2c(cc1[N+](=O)[O-])CC(=O)N2. The molecule has 7 nitrogen and oxygen atoms in total. The number of anilines is 2. The van der Waals surface area contributed by atoms with Gasteiger partial charge in [-0.15, -0.1) is 0 Å². The van der Waals surface area contributed by atoms with Crippen LogP contribution in [-0.2, 0) is 16.0 Å². The molecule has 0 spiro atoms. The van der Waals surface area contributed by atoms with E-state index in [1.165, 1.54) is 6.07 Å². The zero-order valence-electron chi connectivity index (χ0n) is 11.7. The first kappa shape index (κ1) is 13.8.